The number of halogens is 1. The monoisotopic (exact) mass is 288 g/mol. The van der Waals surface area contributed by atoms with E-state index in [1.165, 1.54) is 11.1 Å². The van der Waals surface area contributed by atoms with E-state index in [2.05, 4.69) is 32.0 Å². The Kier molecular flexibility index (Phi) is 3.45. The molecule has 0 saturated heterocycles. The van der Waals surface area contributed by atoms with Crippen LogP contribution in [0.4, 0.5) is 0 Å². The van der Waals surface area contributed by atoms with Gasteiger partial charge in [-0.1, -0.05) is 40.9 Å². The van der Waals surface area contributed by atoms with Gasteiger partial charge in [0.25, 0.3) is 0 Å². The molecule has 0 bridgehead atoms. The normalized spacial score (nSPS) is 21.2. The van der Waals surface area contributed by atoms with Crippen molar-refractivity contribution in [2.45, 2.75) is 32.5 Å². The van der Waals surface area contributed by atoms with Crippen LogP contribution in [0.5, 0.6) is 5.75 Å². The second-order valence-electron chi connectivity index (χ2n) is 5.46. The molecular formula is C17H17ClO2. The van der Waals surface area contributed by atoms with Gasteiger partial charge in [0.2, 0.25) is 0 Å². The molecule has 0 radical (unpaired) electrons. The summed E-state index contributed by atoms with van der Waals surface area (Å²) in [7, 11) is 0. The van der Waals surface area contributed by atoms with Gasteiger partial charge in [0.05, 0.1) is 6.10 Å². The van der Waals surface area contributed by atoms with Crippen LogP contribution in [-0.4, -0.2) is 5.11 Å². The third-order valence-corrected chi connectivity index (χ3v) is 3.89. The third kappa shape index (κ3) is 2.54. The lowest BCUT2D eigenvalue weighted by molar-refractivity contribution is 0.0657. The number of fused-ring (bicyclic) bond motifs is 1. The zero-order valence-electron chi connectivity index (χ0n) is 11.6. The SMILES string of the molecule is Cc1cc(C)cc(C2CC(O)c3cc(Cl)ccc3O2)c1. The van der Waals surface area contributed by atoms with E-state index in [9.17, 15) is 5.11 Å². The maximum Gasteiger partial charge on any atom is 0.127 e. The van der Waals surface area contributed by atoms with Crippen molar-refractivity contribution in [2.24, 2.45) is 0 Å². The number of rotatable bonds is 1. The van der Waals surface area contributed by atoms with Crippen molar-refractivity contribution >= 4 is 11.6 Å². The molecule has 0 saturated carbocycles. The first-order valence-corrected chi connectivity index (χ1v) is 7.13. The molecule has 1 N–H and O–H groups in total. The summed E-state index contributed by atoms with van der Waals surface area (Å²) in [6.07, 6.45) is -0.100. The standard InChI is InChI=1S/C17H17ClO2/c1-10-5-11(2)7-12(6-10)17-9-15(19)14-8-13(18)3-4-16(14)20-17/h3-8,15,17,19H,9H2,1-2H3. The van der Waals surface area contributed by atoms with Crippen molar-refractivity contribution in [2.75, 3.05) is 0 Å². The highest BCUT2D eigenvalue weighted by Crippen LogP contribution is 2.41. The van der Waals surface area contributed by atoms with Crippen LogP contribution >= 0.6 is 11.6 Å². The highest BCUT2D eigenvalue weighted by atomic mass is 35.5. The lowest BCUT2D eigenvalue weighted by Crippen LogP contribution is -2.19. The topological polar surface area (TPSA) is 29.5 Å². The first kappa shape index (κ1) is 13.5. The lowest BCUT2D eigenvalue weighted by Gasteiger charge is -2.30. The van der Waals surface area contributed by atoms with E-state index in [1.54, 1.807) is 12.1 Å². The van der Waals surface area contributed by atoms with E-state index >= 15 is 0 Å². The van der Waals surface area contributed by atoms with E-state index < -0.39 is 6.10 Å². The minimum Gasteiger partial charge on any atom is -0.485 e. The van der Waals surface area contributed by atoms with Gasteiger partial charge in [-0.15, -0.1) is 0 Å². The van der Waals surface area contributed by atoms with Gasteiger partial charge in [0.1, 0.15) is 11.9 Å². The molecule has 2 aromatic carbocycles. The molecule has 20 heavy (non-hydrogen) atoms. The fourth-order valence-corrected chi connectivity index (χ4v) is 3.00. The molecule has 2 aromatic rings. The first-order valence-electron chi connectivity index (χ1n) is 6.75. The summed E-state index contributed by atoms with van der Waals surface area (Å²) < 4.78 is 6.03. The highest BCUT2D eigenvalue weighted by Gasteiger charge is 2.28. The quantitative estimate of drug-likeness (QED) is 0.836. The Morgan fingerprint density at radius 3 is 2.50 bits per heavy atom. The minimum absolute atomic E-state index is 0.114. The van der Waals surface area contributed by atoms with Crippen LogP contribution in [0.3, 0.4) is 0 Å². The Labute approximate surface area is 124 Å². The van der Waals surface area contributed by atoms with E-state index in [0.29, 0.717) is 11.4 Å². The summed E-state index contributed by atoms with van der Waals surface area (Å²) in [5.41, 5.74) is 4.31. The Balaban J connectivity index is 1.96. The molecule has 2 atom stereocenters. The number of benzene rings is 2. The molecule has 0 fully saturated rings. The number of aryl methyl sites for hydroxylation is 2. The molecule has 0 spiro atoms. The zero-order valence-corrected chi connectivity index (χ0v) is 12.3. The van der Waals surface area contributed by atoms with Crippen molar-refractivity contribution in [1.29, 1.82) is 0 Å². The summed E-state index contributed by atoms with van der Waals surface area (Å²) in [6, 6.07) is 11.8. The van der Waals surface area contributed by atoms with Crippen LogP contribution in [0.1, 0.15) is 40.9 Å². The van der Waals surface area contributed by atoms with Crippen molar-refractivity contribution in [3.63, 3.8) is 0 Å². The second-order valence-corrected chi connectivity index (χ2v) is 5.90. The van der Waals surface area contributed by atoms with Gasteiger partial charge in [-0.05, 0) is 37.6 Å². The van der Waals surface area contributed by atoms with Crippen molar-refractivity contribution in [3.8, 4) is 5.75 Å². The van der Waals surface area contributed by atoms with Crippen LogP contribution in [0, 0.1) is 13.8 Å². The van der Waals surface area contributed by atoms with Gasteiger partial charge in [0, 0.05) is 17.0 Å². The van der Waals surface area contributed by atoms with E-state index in [4.69, 9.17) is 16.3 Å². The Bertz CT molecular complexity index is 631. The van der Waals surface area contributed by atoms with Crippen LogP contribution in [0.25, 0.3) is 0 Å². The molecule has 1 aliphatic heterocycles. The number of aliphatic hydroxyl groups is 1. The van der Waals surface area contributed by atoms with E-state index in [1.807, 2.05) is 6.07 Å². The Hall–Kier alpha value is -1.51. The minimum atomic E-state index is -0.539. The maximum absolute atomic E-state index is 10.3. The van der Waals surface area contributed by atoms with Crippen molar-refractivity contribution in [1.82, 2.24) is 0 Å². The van der Waals surface area contributed by atoms with Crippen LogP contribution in [0.15, 0.2) is 36.4 Å². The van der Waals surface area contributed by atoms with E-state index in [-0.39, 0.29) is 6.10 Å². The number of ether oxygens (including phenoxy) is 1. The van der Waals surface area contributed by atoms with E-state index in [0.717, 1.165) is 16.9 Å². The molecule has 3 rings (SSSR count). The number of aliphatic hydroxyl groups excluding tert-OH is 1. The average molecular weight is 289 g/mol. The number of hydrogen-bond acceptors (Lipinski definition) is 2. The maximum atomic E-state index is 10.3. The van der Waals surface area contributed by atoms with Gasteiger partial charge in [-0.3, -0.25) is 0 Å². The second kappa shape index (κ2) is 5.12. The van der Waals surface area contributed by atoms with Crippen molar-refractivity contribution < 1.29 is 9.84 Å². The molecule has 0 aliphatic carbocycles. The molecular weight excluding hydrogens is 272 g/mol. The Morgan fingerprint density at radius 2 is 1.80 bits per heavy atom. The number of hydrogen-bond donors (Lipinski definition) is 1. The van der Waals surface area contributed by atoms with Gasteiger partial charge in [0.15, 0.2) is 0 Å². The fraction of sp³-hybridized carbons (Fsp3) is 0.294. The summed E-state index contributed by atoms with van der Waals surface area (Å²) in [4.78, 5) is 0. The smallest absolute Gasteiger partial charge is 0.127 e. The fourth-order valence-electron chi connectivity index (χ4n) is 2.82. The van der Waals surface area contributed by atoms with Crippen LogP contribution in [0.2, 0.25) is 5.02 Å². The van der Waals surface area contributed by atoms with Gasteiger partial charge >= 0.3 is 0 Å². The van der Waals surface area contributed by atoms with Gasteiger partial charge in [-0.25, -0.2) is 0 Å². The zero-order chi connectivity index (χ0) is 14.3. The summed E-state index contributed by atoms with van der Waals surface area (Å²) >= 11 is 5.97. The highest BCUT2D eigenvalue weighted by molar-refractivity contribution is 6.30. The van der Waals surface area contributed by atoms with Gasteiger partial charge < -0.3 is 9.84 Å². The molecule has 0 amide bonds. The molecule has 1 heterocycles. The van der Waals surface area contributed by atoms with Crippen LogP contribution < -0.4 is 4.74 Å². The first-order chi connectivity index (χ1) is 9.52. The largest absolute Gasteiger partial charge is 0.485 e. The van der Waals surface area contributed by atoms with Crippen LogP contribution in [-0.2, 0) is 0 Å². The molecule has 2 unspecified atom stereocenters. The average Bonchev–Trinajstić information content (AvgIpc) is 2.38. The molecule has 104 valence electrons. The summed E-state index contributed by atoms with van der Waals surface area (Å²) in [5, 5.41) is 10.9. The summed E-state index contributed by atoms with van der Waals surface area (Å²) in [6.45, 7) is 4.15. The third-order valence-electron chi connectivity index (χ3n) is 3.65. The van der Waals surface area contributed by atoms with Crippen molar-refractivity contribution in [3.05, 3.63) is 63.7 Å². The Morgan fingerprint density at radius 1 is 1.10 bits per heavy atom. The predicted octanol–water partition coefficient (Wildman–Crippen LogP) is 4.51. The lowest BCUT2D eigenvalue weighted by atomic mass is 9.93. The molecule has 1 aliphatic rings. The summed E-state index contributed by atoms with van der Waals surface area (Å²) in [5.74, 6) is 0.720. The predicted molar refractivity (Wildman–Crippen MR) is 80.3 cm³/mol. The molecule has 2 nitrogen and oxygen atoms in total. The molecule has 0 aromatic heterocycles. The molecule has 3 heteroatoms. The van der Waals surface area contributed by atoms with Gasteiger partial charge in [-0.2, -0.15) is 0 Å².